The first-order valence-electron chi connectivity index (χ1n) is 7.18. The molecule has 0 spiro atoms. The maximum absolute atomic E-state index is 11.4. The molecule has 1 N–H and O–H groups in total. The molecule has 1 aliphatic heterocycles. The SMILES string of the molecule is CC(=O)OC[C@H]1OC(O)(Br)[C@H](OC(C)=O)[C@@H](OC(C)=O)[C@H]1OC(C)=O. The molecule has 25 heavy (non-hydrogen) atoms. The molecule has 1 unspecified atom stereocenters. The Morgan fingerprint density at radius 3 is 1.84 bits per heavy atom. The van der Waals surface area contributed by atoms with Crippen molar-refractivity contribution < 1.29 is 48.0 Å². The Kier molecular flexibility index (Phi) is 7.32. The lowest BCUT2D eigenvalue weighted by Crippen LogP contribution is -2.66. The lowest BCUT2D eigenvalue weighted by molar-refractivity contribution is -0.309. The van der Waals surface area contributed by atoms with E-state index in [0.29, 0.717) is 0 Å². The average molecular weight is 427 g/mol. The Hall–Kier alpha value is -1.72. The zero-order chi connectivity index (χ0) is 19.4. The first-order chi connectivity index (χ1) is 11.4. The summed E-state index contributed by atoms with van der Waals surface area (Å²) in [5.41, 5.74) is 0. The van der Waals surface area contributed by atoms with Gasteiger partial charge >= 0.3 is 23.9 Å². The summed E-state index contributed by atoms with van der Waals surface area (Å²) in [5.74, 6) is -2.98. The molecule has 0 aromatic heterocycles. The third-order valence-electron chi connectivity index (χ3n) is 3.00. The van der Waals surface area contributed by atoms with Crippen LogP contribution in [0.4, 0.5) is 0 Å². The molecule has 1 fully saturated rings. The Balaban J connectivity index is 3.24. The minimum absolute atomic E-state index is 0.411. The molecule has 0 saturated carbocycles. The standard InChI is InChI=1S/C14H19BrO10/c1-6(16)21-5-10-11(22-7(2)17)12(23-8(3)18)13(24-9(4)19)14(15,20)25-10/h10-13,20H,5H2,1-4H3/t10-,11+,12+,13-,14?/m1/s1. The van der Waals surface area contributed by atoms with E-state index in [2.05, 4.69) is 15.9 Å². The molecule has 1 rings (SSSR count). The highest BCUT2D eigenvalue weighted by atomic mass is 79.9. The van der Waals surface area contributed by atoms with Crippen molar-refractivity contribution in [1.82, 2.24) is 0 Å². The van der Waals surface area contributed by atoms with Crippen molar-refractivity contribution in [2.24, 2.45) is 0 Å². The molecule has 0 aromatic carbocycles. The first-order valence-corrected chi connectivity index (χ1v) is 7.97. The van der Waals surface area contributed by atoms with Crippen molar-refractivity contribution >= 4 is 39.8 Å². The van der Waals surface area contributed by atoms with Crippen molar-refractivity contribution in [3.63, 3.8) is 0 Å². The minimum Gasteiger partial charge on any atom is -0.463 e. The molecular formula is C14H19BrO10. The number of esters is 4. The quantitative estimate of drug-likeness (QED) is 0.357. The number of aliphatic hydroxyl groups is 1. The molecule has 1 saturated heterocycles. The number of rotatable bonds is 5. The second kappa shape index (κ2) is 8.59. The summed E-state index contributed by atoms with van der Waals surface area (Å²) < 4.78 is 23.0. The molecule has 142 valence electrons. The van der Waals surface area contributed by atoms with E-state index < -0.39 is 59.6 Å². The fourth-order valence-corrected chi connectivity index (χ4v) is 2.83. The largest absolute Gasteiger partial charge is 0.463 e. The highest BCUT2D eigenvalue weighted by molar-refractivity contribution is 9.10. The van der Waals surface area contributed by atoms with E-state index >= 15 is 0 Å². The summed E-state index contributed by atoms with van der Waals surface area (Å²) in [6.45, 7) is 3.99. The van der Waals surface area contributed by atoms with Gasteiger partial charge in [0.05, 0.1) is 0 Å². The normalized spacial score (nSPS) is 31.6. The van der Waals surface area contributed by atoms with Gasteiger partial charge < -0.3 is 28.8 Å². The molecular weight excluding hydrogens is 408 g/mol. The second-order valence-electron chi connectivity index (χ2n) is 5.25. The molecule has 0 aromatic rings. The van der Waals surface area contributed by atoms with Crippen molar-refractivity contribution in [1.29, 1.82) is 0 Å². The van der Waals surface area contributed by atoms with Crippen LogP contribution < -0.4 is 0 Å². The van der Waals surface area contributed by atoms with Gasteiger partial charge in [-0.3, -0.25) is 19.2 Å². The van der Waals surface area contributed by atoms with Gasteiger partial charge in [0.1, 0.15) is 12.7 Å². The van der Waals surface area contributed by atoms with Gasteiger partial charge in [-0.2, -0.15) is 0 Å². The van der Waals surface area contributed by atoms with Crippen LogP contribution in [-0.2, 0) is 42.9 Å². The average Bonchev–Trinajstić information content (AvgIpc) is 2.42. The van der Waals surface area contributed by atoms with Crippen LogP contribution in [0.5, 0.6) is 0 Å². The van der Waals surface area contributed by atoms with Crippen molar-refractivity contribution in [2.45, 2.75) is 56.8 Å². The van der Waals surface area contributed by atoms with Crippen molar-refractivity contribution in [3.8, 4) is 0 Å². The van der Waals surface area contributed by atoms with E-state index in [9.17, 15) is 24.3 Å². The van der Waals surface area contributed by atoms with Crippen LogP contribution in [0.25, 0.3) is 0 Å². The summed E-state index contributed by atoms with van der Waals surface area (Å²) in [7, 11) is 0. The van der Waals surface area contributed by atoms with Crippen LogP contribution in [0.3, 0.4) is 0 Å². The van der Waals surface area contributed by atoms with Crippen molar-refractivity contribution in [3.05, 3.63) is 0 Å². The van der Waals surface area contributed by atoms with E-state index in [4.69, 9.17) is 23.7 Å². The van der Waals surface area contributed by atoms with Gasteiger partial charge in [-0.05, 0) is 15.9 Å². The maximum atomic E-state index is 11.4. The van der Waals surface area contributed by atoms with Crippen LogP contribution in [0, 0.1) is 0 Å². The number of carbonyl (C=O) groups excluding carboxylic acids is 4. The summed E-state index contributed by atoms with van der Waals surface area (Å²) in [6, 6.07) is 0. The summed E-state index contributed by atoms with van der Waals surface area (Å²) in [5, 5.41) is 10.4. The molecule has 1 heterocycles. The smallest absolute Gasteiger partial charge is 0.303 e. The van der Waals surface area contributed by atoms with Crippen LogP contribution >= 0.6 is 15.9 Å². The fraction of sp³-hybridized carbons (Fsp3) is 0.714. The minimum atomic E-state index is -2.28. The Bertz CT molecular complexity index is 546. The van der Waals surface area contributed by atoms with Crippen LogP contribution in [-0.4, -0.2) is 64.7 Å². The van der Waals surface area contributed by atoms with Gasteiger partial charge in [-0.15, -0.1) is 0 Å². The fourth-order valence-electron chi connectivity index (χ4n) is 2.23. The Labute approximate surface area is 151 Å². The zero-order valence-electron chi connectivity index (χ0n) is 14.0. The van der Waals surface area contributed by atoms with E-state index in [1.165, 1.54) is 0 Å². The second-order valence-corrected chi connectivity index (χ2v) is 6.38. The molecule has 0 amide bonds. The van der Waals surface area contributed by atoms with Gasteiger partial charge in [0.25, 0.3) is 4.70 Å². The Morgan fingerprint density at radius 2 is 1.40 bits per heavy atom. The first kappa shape index (κ1) is 21.3. The molecule has 10 nitrogen and oxygen atoms in total. The lowest BCUT2D eigenvalue weighted by atomic mass is 9.98. The third-order valence-corrected chi connectivity index (χ3v) is 3.64. The topological polar surface area (TPSA) is 135 Å². The predicted molar refractivity (Wildman–Crippen MR) is 82.0 cm³/mol. The van der Waals surface area contributed by atoms with E-state index in [-0.39, 0.29) is 0 Å². The van der Waals surface area contributed by atoms with Crippen LogP contribution in [0.1, 0.15) is 27.7 Å². The predicted octanol–water partition coefficient (Wildman–Crippen LogP) is -0.216. The van der Waals surface area contributed by atoms with Crippen molar-refractivity contribution in [2.75, 3.05) is 6.61 Å². The molecule has 5 atom stereocenters. The number of halogens is 1. The molecule has 11 heteroatoms. The number of carbonyl (C=O) groups is 4. The molecule has 0 bridgehead atoms. The van der Waals surface area contributed by atoms with Gasteiger partial charge in [-0.1, -0.05) is 0 Å². The van der Waals surface area contributed by atoms with Gasteiger partial charge in [0.15, 0.2) is 12.2 Å². The highest BCUT2D eigenvalue weighted by Crippen LogP contribution is 2.38. The monoisotopic (exact) mass is 426 g/mol. The van der Waals surface area contributed by atoms with E-state index in [0.717, 1.165) is 27.7 Å². The van der Waals surface area contributed by atoms with Crippen LogP contribution in [0.2, 0.25) is 0 Å². The summed E-state index contributed by atoms with van der Waals surface area (Å²) in [6.07, 6.45) is -5.47. The van der Waals surface area contributed by atoms with Gasteiger partial charge in [0, 0.05) is 27.7 Å². The van der Waals surface area contributed by atoms with Crippen LogP contribution in [0.15, 0.2) is 0 Å². The summed E-state index contributed by atoms with van der Waals surface area (Å²) >= 11 is 2.84. The number of hydrogen-bond acceptors (Lipinski definition) is 10. The lowest BCUT2D eigenvalue weighted by Gasteiger charge is -2.46. The van der Waals surface area contributed by atoms with Gasteiger partial charge in [0.2, 0.25) is 6.10 Å². The zero-order valence-corrected chi connectivity index (χ0v) is 15.6. The van der Waals surface area contributed by atoms with Gasteiger partial charge in [-0.25, -0.2) is 0 Å². The molecule has 0 radical (unpaired) electrons. The van der Waals surface area contributed by atoms with E-state index in [1.54, 1.807) is 0 Å². The summed E-state index contributed by atoms with van der Waals surface area (Å²) in [4.78, 5) is 45.2. The third kappa shape index (κ3) is 6.25. The molecule has 1 aliphatic rings. The number of alkyl halides is 1. The van der Waals surface area contributed by atoms with E-state index in [1.807, 2.05) is 0 Å². The molecule has 0 aliphatic carbocycles. The maximum Gasteiger partial charge on any atom is 0.303 e. The highest BCUT2D eigenvalue weighted by Gasteiger charge is 2.58. The Morgan fingerprint density at radius 1 is 0.920 bits per heavy atom. The number of hydrogen-bond donors (Lipinski definition) is 1. The number of ether oxygens (including phenoxy) is 5.